The second-order valence-corrected chi connectivity index (χ2v) is 6.15. The van der Waals surface area contributed by atoms with Gasteiger partial charge in [-0.1, -0.05) is 31.4 Å². The van der Waals surface area contributed by atoms with Gasteiger partial charge in [0, 0.05) is 6.04 Å². The van der Waals surface area contributed by atoms with E-state index in [0.29, 0.717) is 5.56 Å². The Balaban J connectivity index is 2.02. The molecule has 1 aromatic rings. The summed E-state index contributed by atoms with van der Waals surface area (Å²) >= 11 is 0. The summed E-state index contributed by atoms with van der Waals surface area (Å²) in [5.41, 5.74) is 7.52. The predicted octanol–water partition coefficient (Wildman–Crippen LogP) is 3.22. The minimum atomic E-state index is -0.236. The van der Waals surface area contributed by atoms with Crippen LogP contribution in [0.1, 0.15) is 56.2 Å². The Labute approximate surface area is 126 Å². The number of amides is 1. The summed E-state index contributed by atoms with van der Waals surface area (Å²) in [5, 5.41) is 2.99. The van der Waals surface area contributed by atoms with Gasteiger partial charge in [0.25, 0.3) is 0 Å². The number of rotatable bonds is 3. The van der Waals surface area contributed by atoms with Crippen LogP contribution in [-0.2, 0) is 4.79 Å². The van der Waals surface area contributed by atoms with E-state index in [-0.39, 0.29) is 29.7 Å². The highest BCUT2D eigenvalue weighted by Gasteiger charge is 2.27. The highest BCUT2D eigenvalue weighted by molar-refractivity contribution is 5.79. The van der Waals surface area contributed by atoms with Crippen LogP contribution in [-0.4, -0.2) is 11.9 Å². The topological polar surface area (TPSA) is 55.1 Å². The van der Waals surface area contributed by atoms with Crippen LogP contribution in [0.5, 0.6) is 0 Å². The van der Waals surface area contributed by atoms with Gasteiger partial charge in [0.1, 0.15) is 5.82 Å². The number of hydrogen-bond acceptors (Lipinski definition) is 2. The zero-order chi connectivity index (χ0) is 15.4. The van der Waals surface area contributed by atoms with Crippen molar-refractivity contribution in [3.05, 3.63) is 35.1 Å². The van der Waals surface area contributed by atoms with E-state index < -0.39 is 0 Å². The van der Waals surface area contributed by atoms with Gasteiger partial charge < -0.3 is 11.1 Å². The maximum Gasteiger partial charge on any atom is 0.225 e. The molecule has 21 heavy (non-hydrogen) atoms. The quantitative estimate of drug-likeness (QED) is 0.840. The first kappa shape index (κ1) is 16.0. The summed E-state index contributed by atoms with van der Waals surface area (Å²) in [6.07, 6.45) is 5.06. The van der Waals surface area contributed by atoms with E-state index >= 15 is 0 Å². The lowest BCUT2D eigenvalue weighted by Gasteiger charge is -2.23. The van der Waals surface area contributed by atoms with Gasteiger partial charge in [-0.15, -0.1) is 0 Å². The summed E-state index contributed by atoms with van der Waals surface area (Å²) < 4.78 is 13.6. The molecule has 3 N–H and O–H groups in total. The molecule has 116 valence electrons. The molecular weight excluding hydrogens is 267 g/mol. The molecule has 1 amide bonds. The number of carbonyl (C=O) groups is 1. The van der Waals surface area contributed by atoms with Crippen molar-refractivity contribution in [2.45, 2.75) is 58.0 Å². The molecule has 3 nitrogen and oxygen atoms in total. The molecular formula is C17H25FN2O. The predicted molar refractivity (Wildman–Crippen MR) is 82.2 cm³/mol. The van der Waals surface area contributed by atoms with E-state index in [1.807, 2.05) is 13.0 Å². The van der Waals surface area contributed by atoms with Crippen molar-refractivity contribution >= 4 is 5.91 Å². The summed E-state index contributed by atoms with van der Waals surface area (Å²) in [7, 11) is 0. The van der Waals surface area contributed by atoms with Crippen molar-refractivity contribution in [3.63, 3.8) is 0 Å². The molecule has 3 atom stereocenters. The second-order valence-electron chi connectivity index (χ2n) is 6.15. The summed E-state index contributed by atoms with van der Waals surface area (Å²) in [5.74, 6) is -0.358. The zero-order valence-electron chi connectivity index (χ0n) is 12.9. The lowest BCUT2D eigenvalue weighted by molar-refractivity contribution is -0.126. The van der Waals surface area contributed by atoms with Crippen molar-refractivity contribution in [2.75, 3.05) is 0 Å². The summed E-state index contributed by atoms with van der Waals surface area (Å²) in [4.78, 5) is 12.4. The first-order chi connectivity index (χ1) is 9.99. The number of nitrogens with two attached hydrogens (primary N) is 1. The van der Waals surface area contributed by atoms with Crippen LogP contribution in [0.3, 0.4) is 0 Å². The Kier molecular flexibility index (Phi) is 5.34. The molecule has 0 bridgehead atoms. The number of aryl methyl sites for hydroxylation is 1. The largest absolute Gasteiger partial charge is 0.349 e. The van der Waals surface area contributed by atoms with Gasteiger partial charge in [-0.25, -0.2) is 4.39 Å². The molecule has 1 aromatic carbocycles. The van der Waals surface area contributed by atoms with Crippen LogP contribution >= 0.6 is 0 Å². The van der Waals surface area contributed by atoms with Crippen LogP contribution in [0.15, 0.2) is 18.2 Å². The van der Waals surface area contributed by atoms with E-state index in [1.54, 1.807) is 13.0 Å². The lowest BCUT2D eigenvalue weighted by atomic mass is 9.94. The normalized spacial score (nSPS) is 24.2. The molecule has 1 saturated carbocycles. The van der Waals surface area contributed by atoms with Gasteiger partial charge in [0.05, 0.1) is 12.0 Å². The molecule has 0 saturated heterocycles. The highest BCUT2D eigenvalue weighted by atomic mass is 19.1. The van der Waals surface area contributed by atoms with Gasteiger partial charge in [-0.3, -0.25) is 4.79 Å². The fourth-order valence-electron chi connectivity index (χ4n) is 2.94. The minimum absolute atomic E-state index is 0.00196. The van der Waals surface area contributed by atoms with Crippen molar-refractivity contribution < 1.29 is 9.18 Å². The molecule has 1 aliphatic rings. The first-order valence-electron chi connectivity index (χ1n) is 7.81. The van der Waals surface area contributed by atoms with Gasteiger partial charge in [0.15, 0.2) is 0 Å². The number of benzene rings is 1. The molecule has 4 heteroatoms. The molecule has 0 aromatic heterocycles. The molecule has 3 unspecified atom stereocenters. The van der Waals surface area contributed by atoms with Crippen LogP contribution in [0.4, 0.5) is 4.39 Å². The Hall–Kier alpha value is -1.42. The summed E-state index contributed by atoms with van der Waals surface area (Å²) in [6, 6.07) is 4.83. The van der Waals surface area contributed by atoms with E-state index in [4.69, 9.17) is 5.73 Å². The third kappa shape index (κ3) is 4.03. The SMILES string of the molecule is Cc1ccc(C(C)NC(=O)C2CCCCCC2N)cc1F. The maximum absolute atomic E-state index is 13.6. The number of carbonyl (C=O) groups excluding carboxylic acids is 1. The monoisotopic (exact) mass is 292 g/mol. The maximum atomic E-state index is 13.6. The Morgan fingerprint density at radius 3 is 2.76 bits per heavy atom. The minimum Gasteiger partial charge on any atom is -0.349 e. The van der Waals surface area contributed by atoms with Crippen LogP contribution < -0.4 is 11.1 Å². The average Bonchev–Trinajstić information content (AvgIpc) is 2.66. The molecule has 0 aliphatic heterocycles. The number of halogens is 1. The number of hydrogen-bond donors (Lipinski definition) is 2. The molecule has 0 spiro atoms. The van der Waals surface area contributed by atoms with Gasteiger partial charge >= 0.3 is 0 Å². The smallest absolute Gasteiger partial charge is 0.225 e. The van der Waals surface area contributed by atoms with Gasteiger partial charge in [-0.05, 0) is 43.9 Å². The van der Waals surface area contributed by atoms with Crippen molar-refractivity contribution in [3.8, 4) is 0 Å². The molecule has 2 rings (SSSR count). The fourth-order valence-corrected chi connectivity index (χ4v) is 2.94. The molecule has 0 heterocycles. The third-order valence-electron chi connectivity index (χ3n) is 4.46. The molecule has 0 radical (unpaired) electrons. The van der Waals surface area contributed by atoms with Crippen molar-refractivity contribution in [1.29, 1.82) is 0 Å². The lowest BCUT2D eigenvalue weighted by Crippen LogP contribution is -2.42. The van der Waals surface area contributed by atoms with E-state index in [2.05, 4.69) is 5.32 Å². The summed E-state index contributed by atoms with van der Waals surface area (Å²) in [6.45, 7) is 3.61. The first-order valence-corrected chi connectivity index (χ1v) is 7.81. The fraction of sp³-hybridized carbons (Fsp3) is 0.588. The van der Waals surface area contributed by atoms with Gasteiger partial charge in [0.2, 0.25) is 5.91 Å². The van der Waals surface area contributed by atoms with E-state index in [1.165, 1.54) is 6.07 Å². The van der Waals surface area contributed by atoms with Crippen LogP contribution in [0, 0.1) is 18.7 Å². The zero-order valence-corrected chi connectivity index (χ0v) is 12.9. The Morgan fingerprint density at radius 2 is 2.05 bits per heavy atom. The van der Waals surface area contributed by atoms with Crippen molar-refractivity contribution in [2.24, 2.45) is 11.7 Å². The average molecular weight is 292 g/mol. The third-order valence-corrected chi connectivity index (χ3v) is 4.46. The second kappa shape index (κ2) is 7.03. The van der Waals surface area contributed by atoms with Gasteiger partial charge in [-0.2, -0.15) is 0 Å². The molecule has 1 fully saturated rings. The Bertz CT molecular complexity index is 504. The van der Waals surface area contributed by atoms with Crippen molar-refractivity contribution in [1.82, 2.24) is 5.32 Å². The number of nitrogens with one attached hydrogen (secondary N) is 1. The standard InChI is InChI=1S/C17H25FN2O/c1-11-8-9-13(10-15(11)18)12(2)20-17(21)14-6-4-3-5-7-16(14)19/h8-10,12,14,16H,3-7,19H2,1-2H3,(H,20,21). The van der Waals surface area contributed by atoms with E-state index in [9.17, 15) is 9.18 Å². The Morgan fingerprint density at radius 1 is 1.33 bits per heavy atom. The van der Waals surface area contributed by atoms with Crippen LogP contribution in [0.2, 0.25) is 0 Å². The highest BCUT2D eigenvalue weighted by Crippen LogP contribution is 2.24. The molecule has 1 aliphatic carbocycles. The van der Waals surface area contributed by atoms with E-state index in [0.717, 1.165) is 37.7 Å². The van der Waals surface area contributed by atoms with Crippen LogP contribution in [0.25, 0.3) is 0 Å².